The molecule has 0 aliphatic carbocycles. The van der Waals surface area contributed by atoms with Gasteiger partial charge in [0, 0.05) is 19.2 Å². The molecular weight excluding hydrogens is 348 g/mol. The summed E-state index contributed by atoms with van der Waals surface area (Å²) < 4.78 is 13.6. The van der Waals surface area contributed by atoms with E-state index in [0.717, 1.165) is 10.2 Å². The van der Waals surface area contributed by atoms with Crippen molar-refractivity contribution < 1.29 is 14.3 Å². The summed E-state index contributed by atoms with van der Waals surface area (Å²) in [5, 5.41) is 0. The third kappa shape index (κ3) is 3.71. The molecule has 0 spiro atoms. The van der Waals surface area contributed by atoms with E-state index in [1.165, 1.54) is 22.5 Å². The second-order valence-electron chi connectivity index (χ2n) is 6.10. The van der Waals surface area contributed by atoms with Crippen molar-refractivity contribution in [2.24, 2.45) is 4.99 Å². The van der Waals surface area contributed by atoms with Gasteiger partial charge in [0.15, 0.2) is 4.80 Å². The van der Waals surface area contributed by atoms with Crippen molar-refractivity contribution in [3.05, 3.63) is 57.9 Å². The predicted molar refractivity (Wildman–Crippen MR) is 104 cm³/mol. The van der Waals surface area contributed by atoms with Crippen molar-refractivity contribution >= 4 is 27.5 Å². The molecule has 5 nitrogen and oxygen atoms in total. The SMILES string of the molecule is COCCn1c(=NC(=O)c2ccc(OC)cc2)sc2c(C)cc(C)cc21. The van der Waals surface area contributed by atoms with Gasteiger partial charge in [-0.15, -0.1) is 0 Å². The first-order chi connectivity index (χ1) is 12.5. The molecule has 0 radical (unpaired) electrons. The van der Waals surface area contributed by atoms with Crippen LogP contribution in [0.5, 0.6) is 5.75 Å². The molecule has 0 atom stereocenters. The van der Waals surface area contributed by atoms with Gasteiger partial charge in [0.25, 0.3) is 5.91 Å². The van der Waals surface area contributed by atoms with Crippen LogP contribution in [0.15, 0.2) is 41.4 Å². The molecule has 0 bridgehead atoms. The number of thiazole rings is 1. The van der Waals surface area contributed by atoms with E-state index in [1.807, 2.05) is 0 Å². The molecule has 1 amide bonds. The van der Waals surface area contributed by atoms with E-state index in [4.69, 9.17) is 9.47 Å². The second-order valence-corrected chi connectivity index (χ2v) is 7.08. The zero-order valence-electron chi connectivity index (χ0n) is 15.4. The van der Waals surface area contributed by atoms with Crippen molar-refractivity contribution in [3.8, 4) is 5.75 Å². The molecule has 3 rings (SSSR count). The molecule has 0 saturated carbocycles. The van der Waals surface area contributed by atoms with Crippen LogP contribution in [0.4, 0.5) is 0 Å². The first-order valence-electron chi connectivity index (χ1n) is 8.36. The van der Waals surface area contributed by atoms with Gasteiger partial charge in [-0.25, -0.2) is 0 Å². The van der Waals surface area contributed by atoms with Gasteiger partial charge < -0.3 is 14.0 Å². The predicted octanol–water partition coefficient (Wildman–Crippen LogP) is 3.72. The topological polar surface area (TPSA) is 52.8 Å². The number of carbonyl (C=O) groups is 1. The number of hydrogen-bond acceptors (Lipinski definition) is 4. The van der Waals surface area contributed by atoms with Crippen LogP contribution < -0.4 is 9.54 Å². The Morgan fingerprint density at radius 3 is 2.54 bits per heavy atom. The molecule has 0 N–H and O–H groups in total. The van der Waals surface area contributed by atoms with Gasteiger partial charge in [0.2, 0.25) is 0 Å². The van der Waals surface area contributed by atoms with Gasteiger partial charge >= 0.3 is 0 Å². The van der Waals surface area contributed by atoms with Gasteiger partial charge in [-0.3, -0.25) is 4.79 Å². The highest BCUT2D eigenvalue weighted by Gasteiger charge is 2.11. The number of methoxy groups -OCH3 is 2. The highest BCUT2D eigenvalue weighted by Crippen LogP contribution is 2.23. The lowest BCUT2D eigenvalue weighted by molar-refractivity contribution is 0.0997. The van der Waals surface area contributed by atoms with E-state index >= 15 is 0 Å². The number of fused-ring (bicyclic) bond motifs is 1. The Balaban J connectivity index is 2.10. The minimum atomic E-state index is -0.264. The lowest BCUT2D eigenvalue weighted by Crippen LogP contribution is -2.19. The fourth-order valence-electron chi connectivity index (χ4n) is 2.88. The molecule has 0 aliphatic rings. The molecule has 2 aromatic carbocycles. The largest absolute Gasteiger partial charge is 0.497 e. The Bertz CT molecular complexity index is 1000. The summed E-state index contributed by atoms with van der Waals surface area (Å²) in [7, 11) is 3.27. The number of carbonyl (C=O) groups excluding carboxylic acids is 1. The van der Waals surface area contributed by atoms with Crippen LogP contribution in [-0.2, 0) is 11.3 Å². The molecule has 0 fully saturated rings. The Labute approximate surface area is 156 Å². The number of rotatable bonds is 5. The van der Waals surface area contributed by atoms with Gasteiger partial charge in [0.05, 0.1) is 23.9 Å². The summed E-state index contributed by atoms with van der Waals surface area (Å²) in [5.41, 5.74) is 4.00. The lowest BCUT2D eigenvalue weighted by Gasteiger charge is -2.06. The lowest BCUT2D eigenvalue weighted by atomic mass is 10.1. The van der Waals surface area contributed by atoms with Crippen LogP contribution in [-0.4, -0.2) is 31.3 Å². The van der Waals surface area contributed by atoms with Crippen LogP contribution in [0, 0.1) is 13.8 Å². The minimum absolute atomic E-state index is 0.264. The van der Waals surface area contributed by atoms with Crippen molar-refractivity contribution in [3.63, 3.8) is 0 Å². The number of aryl methyl sites for hydroxylation is 2. The third-order valence-corrected chi connectivity index (χ3v) is 5.40. The van der Waals surface area contributed by atoms with Crippen molar-refractivity contribution in [2.75, 3.05) is 20.8 Å². The highest BCUT2D eigenvalue weighted by atomic mass is 32.1. The molecule has 0 aliphatic heterocycles. The maximum absolute atomic E-state index is 12.6. The van der Waals surface area contributed by atoms with Crippen molar-refractivity contribution in [1.29, 1.82) is 0 Å². The molecule has 0 saturated heterocycles. The average molecular weight is 370 g/mol. The zero-order chi connectivity index (χ0) is 18.7. The first kappa shape index (κ1) is 18.4. The van der Waals surface area contributed by atoms with Crippen LogP contribution in [0.1, 0.15) is 21.5 Å². The van der Waals surface area contributed by atoms with E-state index in [1.54, 1.807) is 38.5 Å². The number of nitrogens with zero attached hydrogens (tertiary/aromatic N) is 2. The molecule has 1 aromatic heterocycles. The number of ether oxygens (including phenoxy) is 2. The maximum atomic E-state index is 12.6. The smallest absolute Gasteiger partial charge is 0.279 e. The number of benzene rings is 2. The number of hydrogen-bond donors (Lipinski definition) is 0. The maximum Gasteiger partial charge on any atom is 0.279 e. The highest BCUT2D eigenvalue weighted by molar-refractivity contribution is 7.16. The van der Waals surface area contributed by atoms with Crippen LogP contribution >= 0.6 is 11.3 Å². The van der Waals surface area contributed by atoms with Crippen LogP contribution in [0.3, 0.4) is 0 Å². The van der Waals surface area contributed by atoms with E-state index in [0.29, 0.717) is 29.3 Å². The van der Waals surface area contributed by atoms with Gasteiger partial charge in [-0.1, -0.05) is 17.4 Å². The average Bonchev–Trinajstić information content (AvgIpc) is 2.97. The summed E-state index contributed by atoms with van der Waals surface area (Å²) in [4.78, 5) is 17.7. The first-order valence-corrected chi connectivity index (χ1v) is 9.17. The van der Waals surface area contributed by atoms with Gasteiger partial charge in [-0.2, -0.15) is 4.99 Å². The summed E-state index contributed by atoms with van der Waals surface area (Å²) in [5.74, 6) is 0.449. The van der Waals surface area contributed by atoms with E-state index in [9.17, 15) is 4.79 Å². The summed E-state index contributed by atoms with van der Waals surface area (Å²) >= 11 is 1.54. The zero-order valence-corrected chi connectivity index (χ0v) is 16.2. The number of amides is 1. The quantitative estimate of drug-likeness (QED) is 0.688. The fraction of sp³-hybridized carbons (Fsp3) is 0.300. The van der Waals surface area contributed by atoms with E-state index < -0.39 is 0 Å². The molecular formula is C20H22N2O3S. The summed E-state index contributed by atoms with van der Waals surface area (Å²) in [6, 6.07) is 11.3. The second kappa shape index (κ2) is 7.85. The molecule has 3 aromatic rings. The Kier molecular flexibility index (Phi) is 5.54. The number of aromatic nitrogens is 1. The van der Waals surface area contributed by atoms with Crippen LogP contribution in [0.2, 0.25) is 0 Å². The van der Waals surface area contributed by atoms with Gasteiger partial charge in [0.1, 0.15) is 5.75 Å². The molecule has 0 unspecified atom stereocenters. The minimum Gasteiger partial charge on any atom is -0.497 e. The Morgan fingerprint density at radius 1 is 1.15 bits per heavy atom. The van der Waals surface area contributed by atoms with E-state index in [2.05, 4.69) is 35.5 Å². The van der Waals surface area contributed by atoms with Crippen LogP contribution in [0.25, 0.3) is 10.2 Å². The normalized spacial score (nSPS) is 11.9. The Hall–Kier alpha value is -2.44. The summed E-state index contributed by atoms with van der Waals surface area (Å²) in [6.45, 7) is 5.36. The molecule has 26 heavy (non-hydrogen) atoms. The molecule has 6 heteroatoms. The van der Waals surface area contributed by atoms with Crippen molar-refractivity contribution in [1.82, 2.24) is 4.57 Å². The fourth-order valence-corrected chi connectivity index (χ4v) is 3.99. The van der Waals surface area contributed by atoms with Gasteiger partial charge in [-0.05, 0) is 55.3 Å². The van der Waals surface area contributed by atoms with E-state index in [-0.39, 0.29) is 5.91 Å². The Morgan fingerprint density at radius 2 is 1.88 bits per heavy atom. The standard InChI is InChI=1S/C20H22N2O3S/c1-13-11-14(2)18-17(12-13)22(9-10-24-3)20(26-18)21-19(23)15-5-7-16(25-4)8-6-15/h5-8,11-12H,9-10H2,1-4H3. The monoisotopic (exact) mass is 370 g/mol. The summed E-state index contributed by atoms with van der Waals surface area (Å²) in [6.07, 6.45) is 0. The van der Waals surface area contributed by atoms with Crippen molar-refractivity contribution in [2.45, 2.75) is 20.4 Å². The molecule has 136 valence electrons. The molecule has 1 heterocycles. The third-order valence-electron chi connectivity index (χ3n) is 4.17.